The molecule has 0 unspecified atom stereocenters. The number of phenols is 1. The zero-order valence-corrected chi connectivity index (χ0v) is 9.70. The van der Waals surface area contributed by atoms with Gasteiger partial charge in [-0.2, -0.15) is 0 Å². The first-order chi connectivity index (χ1) is 7.13. The summed E-state index contributed by atoms with van der Waals surface area (Å²) in [5.41, 5.74) is 1.61. The third-order valence-corrected chi connectivity index (χ3v) is 1.84. The van der Waals surface area contributed by atoms with E-state index in [1.165, 1.54) is 7.11 Å². The van der Waals surface area contributed by atoms with Crippen LogP contribution in [0, 0.1) is 6.92 Å². The van der Waals surface area contributed by atoms with Gasteiger partial charge in [-0.15, -0.1) is 0 Å². The Balaban J connectivity index is 0.000000921. The van der Waals surface area contributed by atoms with Gasteiger partial charge in [-0.1, -0.05) is 26.0 Å². The van der Waals surface area contributed by atoms with Crippen molar-refractivity contribution >= 4 is 5.97 Å². The van der Waals surface area contributed by atoms with Crippen molar-refractivity contribution in [3.05, 3.63) is 29.3 Å². The number of benzene rings is 1. The van der Waals surface area contributed by atoms with Gasteiger partial charge >= 0.3 is 5.97 Å². The Labute approximate surface area is 90.7 Å². The Morgan fingerprint density at radius 3 is 2.47 bits per heavy atom. The van der Waals surface area contributed by atoms with Gasteiger partial charge in [-0.05, 0) is 24.1 Å². The van der Waals surface area contributed by atoms with Crippen LogP contribution in [0.1, 0.15) is 25.0 Å². The summed E-state index contributed by atoms with van der Waals surface area (Å²) < 4.78 is 4.52. The summed E-state index contributed by atoms with van der Waals surface area (Å²) >= 11 is 0. The van der Waals surface area contributed by atoms with Crippen LogP contribution in [-0.2, 0) is 16.0 Å². The fourth-order valence-corrected chi connectivity index (χ4v) is 1.07. The number of rotatable bonds is 2. The predicted octanol–water partition coefficient (Wildman–Crippen LogP) is 2.44. The highest BCUT2D eigenvalue weighted by atomic mass is 16.5. The smallest absolute Gasteiger partial charge is 0.309 e. The standard InChI is InChI=1S/C10H12O3.C2H6/c1-7-5-8(3-4-9(7)11)6-10(12)13-2;1-2/h3-5,11H,6H2,1-2H3;1-2H3. The van der Waals surface area contributed by atoms with Crippen LogP contribution in [0.5, 0.6) is 5.75 Å². The van der Waals surface area contributed by atoms with E-state index in [2.05, 4.69) is 4.74 Å². The zero-order chi connectivity index (χ0) is 11.8. The highest BCUT2D eigenvalue weighted by molar-refractivity contribution is 5.72. The van der Waals surface area contributed by atoms with Crippen molar-refractivity contribution in [1.29, 1.82) is 0 Å². The van der Waals surface area contributed by atoms with Crippen LogP contribution in [0.25, 0.3) is 0 Å². The highest BCUT2D eigenvalue weighted by Gasteiger charge is 2.03. The largest absolute Gasteiger partial charge is 0.508 e. The summed E-state index contributed by atoms with van der Waals surface area (Å²) in [7, 11) is 1.36. The molecule has 0 amide bonds. The Morgan fingerprint density at radius 2 is 2.00 bits per heavy atom. The molecule has 3 heteroatoms. The lowest BCUT2D eigenvalue weighted by atomic mass is 10.1. The molecule has 84 valence electrons. The van der Waals surface area contributed by atoms with E-state index in [-0.39, 0.29) is 18.1 Å². The van der Waals surface area contributed by atoms with E-state index >= 15 is 0 Å². The van der Waals surface area contributed by atoms with Crippen molar-refractivity contribution in [3.63, 3.8) is 0 Å². The normalized spacial score (nSPS) is 8.80. The van der Waals surface area contributed by atoms with E-state index in [9.17, 15) is 9.90 Å². The van der Waals surface area contributed by atoms with Gasteiger partial charge in [-0.3, -0.25) is 4.79 Å². The minimum absolute atomic E-state index is 0.244. The van der Waals surface area contributed by atoms with Gasteiger partial charge in [0, 0.05) is 0 Å². The lowest BCUT2D eigenvalue weighted by molar-refractivity contribution is -0.139. The molecule has 0 atom stereocenters. The number of aromatic hydroxyl groups is 1. The maximum atomic E-state index is 10.9. The Bertz CT molecular complexity index is 319. The number of hydrogen-bond acceptors (Lipinski definition) is 3. The summed E-state index contributed by atoms with van der Waals surface area (Å²) in [4.78, 5) is 10.9. The molecule has 0 heterocycles. The first kappa shape index (κ1) is 13.5. The minimum Gasteiger partial charge on any atom is -0.508 e. The molecule has 15 heavy (non-hydrogen) atoms. The predicted molar refractivity (Wildman–Crippen MR) is 59.9 cm³/mol. The quantitative estimate of drug-likeness (QED) is 0.763. The summed E-state index contributed by atoms with van der Waals surface area (Å²) in [5, 5.41) is 9.22. The lowest BCUT2D eigenvalue weighted by Crippen LogP contribution is -2.04. The van der Waals surface area contributed by atoms with Crippen molar-refractivity contribution in [2.75, 3.05) is 7.11 Å². The van der Waals surface area contributed by atoms with Gasteiger partial charge in [0.05, 0.1) is 13.5 Å². The van der Waals surface area contributed by atoms with E-state index in [0.29, 0.717) is 0 Å². The van der Waals surface area contributed by atoms with Crippen LogP contribution in [0.15, 0.2) is 18.2 Å². The molecule has 0 bridgehead atoms. The lowest BCUT2D eigenvalue weighted by Gasteiger charge is -2.02. The number of aryl methyl sites for hydroxylation is 1. The van der Waals surface area contributed by atoms with E-state index in [0.717, 1.165) is 11.1 Å². The molecule has 0 radical (unpaired) electrons. The fourth-order valence-electron chi connectivity index (χ4n) is 1.07. The van der Waals surface area contributed by atoms with Crippen molar-refractivity contribution in [3.8, 4) is 5.75 Å². The third kappa shape index (κ3) is 4.49. The molecule has 1 N–H and O–H groups in total. The van der Waals surface area contributed by atoms with Gasteiger partial charge in [0.25, 0.3) is 0 Å². The number of ether oxygens (including phenoxy) is 1. The second-order valence-electron chi connectivity index (χ2n) is 2.87. The van der Waals surface area contributed by atoms with E-state index < -0.39 is 0 Å². The molecular formula is C12H18O3. The van der Waals surface area contributed by atoms with Gasteiger partial charge in [0.15, 0.2) is 0 Å². The molecule has 1 aromatic carbocycles. The van der Waals surface area contributed by atoms with Crippen LogP contribution in [0.3, 0.4) is 0 Å². The summed E-state index contributed by atoms with van der Waals surface area (Å²) in [6.07, 6.45) is 0.248. The molecule has 0 aliphatic carbocycles. The van der Waals surface area contributed by atoms with Crippen molar-refractivity contribution in [2.45, 2.75) is 27.2 Å². The summed E-state index contributed by atoms with van der Waals surface area (Å²) in [5.74, 6) is -0.0290. The van der Waals surface area contributed by atoms with Crippen molar-refractivity contribution in [2.24, 2.45) is 0 Å². The number of hydrogen-bond donors (Lipinski definition) is 1. The summed E-state index contributed by atoms with van der Waals surface area (Å²) in [6, 6.07) is 5.05. The Morgan fingerprint density at radius 1 is 1.40 bits per heavy atom. The molecule has 0 aliphatic rings. The molecule has 1 aromatic rings. The second-order valence-corrected chi connectivity index (χ2v) is 2.87. The minimum atomic E-state index is -0.273. The molecule has 0 aliphatic heterocycles. The fraction of sp³-hybridized carbons (Fsp3) is 0.417. The van der Waals surface area contributed by atoms with Gasteiger partial charge < -0.3 is 9.84 Å². The van der Waals surface area contributed by atoms with Crippen molar-refractivity contribution < 1.29 is 14.6 Å². The first-order valence-corrected chi connectivity index (χ1v) is 4.99. The van der Waals surface area contributed by atoms with Crippen LogP contribution in [-0.4, -0.2) is 18.2 Å². The SMILES string of the molecule is CC.COC(=O)Cc1ccc(O)c(C)c1. The van der Waals surface area contributed by atoms with E-state index in [4.69, 9.17) is 0 Å². The highest BCUT2D eigenvalue weighted by Crippen LogP contribution is 2.17. The maximum Gasteiger partial charge on any atom is 0.309 e. The number of esters is 1. The van der Waals surface area contributed by atoms with Crippen LogP contribution >= 0.6 is 0 Å². The molecule has 0 fully saturated rings. The first-order valence-electron chi connectivity index (χ1n) is 4.99. The molecule has 3 nitrogen and oxygen atoms in total. The average Bonchev–Trinajstić information content (AvgIpc) is 2.26. The molecule has 0 aromatic heterocycles. The second kappa shape index (κ2) is 6.87. The monoisotopic (exact) mass is 210 g/mol. The molecule has 1 rings (SSSR count). The average molecular weight is 210 g/mol. The maximum absolute atomic E-state index is 10.9. The number of phenolic OH excluding ortho intramolecular Hbond substituents is 1. The Hall–Kier alpha value is -1.51. The molecular weight excluding hydrogens is 192 g/mol. The number of methoxy groups -OCH3 is 1. The third-order valence-electron chi connectivity index (χ3n) is 1.84. The van der Waals surface area contributed by atoms with E-state index in [1.807, 2.05) is 13.8 Å². The molecule has 0 spiro atoms. The Kier molecular flexibility index (Phi) is 6.18. The summed E-state index contributed by atoms with van der Waals surface area (Å²) in [6.45, 7) is 5.79. The number of carbonyl (C=O) groups is 1. The molecule has 0 saturated carbocycles. The van der Waals surface area contributed by atoms with Crippen LogP contribution in [0.4, 0.5) is 0 Å². The van der Waals surface area contributed by atoms with Crippen molar-refractivity contribution in [1.82, 2.24) is 0 Å². The van der Waals surface area contributed by atoms with Gasteiger partial charge in [0.2, 0.25) is 0 Å². The number of carbonyl (C=O) groups excluding carboxylic acids is 1. The van der Waals surface area contributed by atoms with Gasteiger partial charge in [-0.25, -0.2) is 0 Å². The molecule has 0 saturated heterocycles. The van der Waals surface area contributed by atoms with Crippen LogP contribution < -0.4 is 0 Å². The van der Waals surface area contributed by atoms with Crippen LogP contribution in [0.2, 0.25) is 0 Å². The van der Waals surface area contributed by atoms with E-state index in [1.54, 1.807) is 25.1 Å². The van der Waals surface area contributed by atoms with Gasteiger partial charge in [0.1, 0.15) is 5.75 Å². The zero-order valence-electron chi connectivity index (χ0n) is 9.70. The topological polar surface area (TPSA) is 46.5 Å².